The minimum Gasteiger partial charge on any atom is -0.383 e. The minimum atomic E-state index is 0.165. The SMILES string of the molecule is Cc1cc(NC(C)CC(C)(C)c2ccccc2)ccc1Br. The van der Waals surface area contributed by atoms with Crippen molar-refractivity contribution in [1.29, 1.82) is 0 Å². The van der Waals surface area contributed by atoms with Crippen LogP contribution in [0.4, 0.5) is 5.69 Å². The lowest BCUT2D eigenvalue weighted by Crippen LogP contribution is -2.27. The Balaban J connectivity index is 2.04. The van der Waals surface area contributed by atoms with Gasteiger partial charge in [0.2, 0.25) is 0 Å². The number of aryl methyl sites for hydroxylation is 1. The van der Waals surface area contributed by atoms with Crippen LogP contribution in [0.1, 0.15) is 38.3 Å². The quantitative estimate of drug-likeness (QED) is 0.708. The maximum atomic E-state index is 3.61. The summed E-state index contributed by atoms with van der Waals surface area (Å²) in [7, 11) is 0. The molecule has 0 aliphatic carbocycles. The molecule has 112 valence electrons. The fourth-order valence-electron chi connectivity index (χ4n) is 2.84. The Morgan fingerprint density at radius 1 is 1.10 bits per heavy atom. The lowest BCUT2D eigenvalue weighted by atomic mass is 9.79. The maximum Gasteiger partial charge on any atom is 0.0345 e. The van der Waals surface area contributed by atoms with Crippen LogP contribution >= 0.6 is 15.9 Å². The van der Waals surface area contributed by atoms with E-state index < -0.39 is 0 Å². The highest BCUT2D eigenvalue weighted by Gasteiger charge is 2.23. The molecule has 0 fully saturated rings. The molecule has 0 spiro atoms. The van der Waals surface area contributed by atoms with Crippen LogP contribution in [0, 0.1) is 6.92 Å². The van der Waals surface area contributed by atoms with Crippen molar-refractivity contribution in [3.63, 3.8) is 0 Å². The largest absolute Gasteiger partial charge is 0.383 e. The van der Waals surface area contributed by atoms with Crippen LogP contribution in [-0.2, 0) is 5.41 Å². The third kappa shape index (κ3) is 4.34. The predicted molar refractivity (Wildman–Crippen MR) is 96.0 cm³/mol. The molecule has 2 rings (SSSR count). The molecule has 1 unspecified atom stereocenters. The highest BCUT2D eigenvalue weighted by molar-refractivity contribution is 9.10. The van der Waals surface area contributed by atoms with Crippen LogP contribution in [0.3, 0.4) is 0 Å². The van der Waals surface area contributed by atoms with E-state index in [1.165, 1.54) is 16.8 Å². The van der Waals surface area contributed by atoms with E-state index in [1.807, 2.05) is 0 Å². The Morgan fingerprint density at radius 2 is 1.76 bits per heavy atom. The lowest BCUT2D eigenvalue weighted by molar-refractivity contribution is 0.450. The van der Waals surface area contributed by atoms with E-state index in [0.717, 1.165) is 10.9 Å². The first-order valence-corrected chi connectivity index (χ1v) is 8.26. The zero-order chi connectivity index (χ0) is 15.5. The first-order chi connectivity index (χ1) is 9.88. The van der Waals surface area contributed by atoms with Gasteiger partial charge in [0.05, 0.1) is 0 Å². The minimum absolute atomic E-state index is 0.165. The fourth-order valence-corrected chi connectivity index (χ4v) is 3.09. The number of anilines is 1. The van der Waals surface area contributed by atoms with Gasteiger partial charge >= 0.3 is 0 Å². The topological polar surface area (TPSA) is 12.0 Å². The molecular formula is C19H24BrN. The molecule has 0 saturated carbocycles. The van der Waals surface area contributed by atoms with Gasteiger partial charge in [0.15, 0.2) is 0 Å². The molecule has 0 aliphatic heterocycles. The molecule has 0 aromatic heterocycles. The van der Waals surface area contributed by atoms with Gasteiger partial charge < -0.3 is 5.32 Å². The maximum absolute atomic E-state index is 3.61. The second-order valence-corrected chi connectivity index (χ2v) is 7.32. The smallest absolute Gasteiger partial charge is 0.0345 e. The highest BCUT2D eigenvalue weighted by atomic mass is 79.9. The molecule has 2 heteroatoms. The van der Waals surface area contributed by atoms with Crippen molar-refractivity contribution < 1.29 is 0 Å². The van der Waals surface area contributed by atoms with E-state index in [9.17, 15) is 0 Å². The Morgan fingerprint density at radius 3 is 2.38 bits per heavy atom. The van der Waals surface area contributed by atoms with Gasteiger partial charge in [-0.1, -0.05) is 60.1 Å². The number of hydrogen-bond donors (Lipinski definition) is 1. The highest BCUT2D eigenvalue weighted by Crippen LogP contribution is 2.29. The van der Waals surface area contributed by atoms with Gasteiger partial charge in [0.25, 0.3) is 0 Å². The van der Waals surface area contributed by atoms with Crippen LogP contribution in [0.15, 0.2) is 53.0 Å². The van der Waals surface area contributed by atoms with Crippen molar-refractivity contribution >= 4 is 21.6 Å². The third-order valence-corrected chi connectivity index (χ3v) is 4.83. The third-order valence-electron chi connectivity index (χ3n) is 3.94. The van der Waals surface area contributed by atoms with Crippen molar-refractivity contribution in [3.8, 4) is 0 Å². The first kappa shape index (κ1) is 16.1. The molecule has 1 atom stereocenters. The summed E-state index contributed by atoms with van der Waals surface area (Å²) in [6.07, 6.45) is 1.09. The molecule has 0 amide bonds. The second-order valence-electron chi connectivity index (χ2n) is 6.46. The zero-order valence-electron chi connectivity index (χ0n) is 13.3. The van der Waals surface area contributed by atoms with Gasteiger partial charge in [-0.05, 0) is 55.0 Å². The van der Waals surface area contributed by atoms with Crippen LogP contribution in [0.5, 0.6) is 0 Å². The molecule has 0 saturated heterocycles. The Hall–Kier alpha value is -1.28. The van der Waals surface area contributed by atoms with Crippen LogP contribution in [0.2, 0.25) is 0 Å². The Labute approximate surface area is 136 Å². The van der Waals surface area contributed by atoms with Gasteiger partial charge in [0, 0.05) is 16.2 Å². The lowest BCUT2D eigenvalue weighted by Gasteiger charge is -2.29. The van der Waals surface area contributed by atoms with E-state index in [-0.39, 0.29) is 5.41 Å². The van der Waals surface area contributed by atoms with Crippen molar-refractivity contribution in [2.45, 2.75) is 45.6 Å². The number of benzene rings is 2. The molecule has 0 aliphatic rings. The van der Waals surface area contributed by atoms with E-state index in [2.05, 4.69) is 97.5 Å². The summed E-state index contributed by atoms with van der Waals surface area (Å²) >= 11 is 3.55. The number of rotatable bonds is 5. The van der Waals surface area contributed by atoms with E-state index in [1.54, 1.807) is 0 Å². The average Bonchev–Trinajstić information content (AvgIpc) is 2.43. The van der Waals surface area contributed by atoms with E-state index >= 15 is 0 Å². The molecule has 2 aromatic carbocycles. The van der Waals surface area contributed by atoms with Crippen LogP contribution in [0.25, 0.3) is 0 Å². The van der Waals surface area contributed by atoms with Crippen molar-refractivity contribution in [2.75, 3.05) is 5.32 Å². The summed E-state index contributed by atoms with van der Waals surface area (Å²) in [4.78, 5) is 0. The normalized spacial score (nSPS) is 13.0. The summed E-state index contributed by atoms with van der Waals surface area (Å²) < 4.78 is 1.16. The summed E-state index contributed by atoms with van der Waals surface area (Å²) in [6.45, 7) is 9.00. The number of nitrogens with one attached hydrogen (secondary N) is 1. The molecule has 0 radical (unpaired) electrons. The Kier molecular flexibility index (Phi) is 5.10. The monoisotopic (exact) mass is 345 g/mol. The summed E-state index contributed by atoms with van der Waals surface area (Å²) in [5, 5.41) is 3.61. The summed E-state index contributed by atoms with van der Waals surface area (Å²) in [5.74, 6) is 0. The predicted octanol–water partition coefficient (Wildman–Crippen LogP) is 5.93. The van der Waals surface area contributed by atoms with Crippen LogP contribution in [-0.4, -0.2) is 6.04 Å². The van der Waals surface area contributed by atoms with Crippen LogP contribution < -0.4 is 5.32 Å². The van der Waals surface area contributed by atoms with E-state index in [4.69, 9.17) is 0 Å². The second kappa shape index (κ2) is 6.65. The number of halogens is 1. The van der Waals surface area contributed by atoms with E-state index in [0.29, 0.717) is 6.04 Å². The molecular weight excluding hydrogens is 322 g/mol. The average molecular weight is 346 g/mol. The standard InChI is InChI=1S/C19H24BrN/c1-14-12-17(10-11-18(14)20)21-15(2)13-19(3,4)16-8-6-5-7-9-16/h5-12,15,21H,13H2,1-4H3. The number of hydrogen-bond acceptors (Lipinski definition) is 1. The van der Waals surface area contributed by atoms with Gasteiger partial charge in [-0.25, -0.2) is 0 Å². The van der Waals surface area contributed by atoms with Gasteiger partial charge in [0.1, 0.15) is 0 Å². The van der Waals surface area contributed by atoms with Crippen molar-refractivity contribution in [1.82, 2.24) is 0 Å². The summed E-state index contributed by atoms with van der Waals surface area (Å²) in [5.41, 5.74) is 4.00. The van der Waals surface area contributed by atoms with Gasteiger partial charge in [-0.15, -0.1) is 0 Å². The van der Waals surface area contributed by atoms with Crippen molar-refractivity contribution in [3.05, 3.63) is 64.1 Å². The molecule has 0 heterocycles. The summed E-state index contributed by atoms with van der Waals surface area (Å²) in [6, 6.07) is 17.6. The molecule has 0 bridgehead atoms. The fraction of sp³-hybridized carbons (Fsp3) is 0.368. The van der Waals surface area contributed by atoms with Gasteiger partial charge in [-0.3, -0.25) is 0 Å². The molecule has 1 nitrogen and oxygen atoms in total. The first-order valence-electron chi connectivity index (χ1n) is 7.47. The molecule has 2 aromatic rings. The Bertz CT molecular complexity index is 590. The molecule has 21 heavy (non-hydrogen) atoms. The van der Waals surface area contributed by atoms with Crippen molar-refractivity contribution in [2.24, 2.45) is 0 Å². The van der Waals surface area contributed by atoms with Gasteiger partial charge in [-0.2, -0.15) is 0 Å². The zero-order valence-corrected chi connectivity index (χ0v) is 14.9. The molecule has 1 N–H and O–H groups in total.